The third-order valence-corrected chi connectivity index (χ3v) is 2.75. The van der Waals surface area contributed by atoms with Crippen LogP contribution in [0.4, 0.5) is 0 Å². The number of aryl methyl sites for hydroxylation is 1. The van der Waals surface area contributed by atoms with Gasteiger partial charge in [0.05, 0.1) is 30.2 Å². The standard InChI is InChI=1S/C12H12N4/c1-15-9-14-12-10(3-2-4-11(12)15)7-16-6-5-13-8-16/h2-6,8-9H,7H2,1H3. The van der Waals surface area contributed by atoms with Crippen molar-refractivity contribution < 1.29 is 0 Å². The van der Waals surface area contributed by atoms with Crippen molar-refractivity contribution in [2.24, 2.45) is 7.05 Å². The first-order valence-electron chi connectivity index (χ1n) is 5.19. The first kappa shape index (κ1) is 9.15. The third kappa shape index (κ3) is 1.39. The summed E-state index contributed by atoms with van der Waals surface area (Å²) in [5, 5.41) is 0. The number of para-hydroxylation sites is 1. The quantitative estimate of drug-likeness (QED) is 0.649. The number of nitrogens with zero attached hydrogens (tertiary/aromatic N) is 4. The van der Waals surface area contributed by atoms with Gasteiger partial charge in [-0.3, -0.25) is 0 Å². The SMILES string of the molecule is Cn1cnc2c(Cn3ccnc3)cccc21. The zero-order chi connectivity index (χ0) is 11.0. The van der Waals surface area contributed by atoms with Gasteiger partial charge in [-0.05, 0) is 11.6 Å². The van der Waals surface area contributed by atoms with Crippen molar-refractivity contribution in [1.82, 2.24) is 19.1 Å². The molecule has 0 unspecified atom stereocenters. The number of benzene rings is 1. The maximum Gasteiger partial charge on any atom is 0.0955 e. The minimum absolute atomic E-state index is 0.814. The van der Waals surface area contributed by atoms with Crippen LogP contribution in [0, 0.1) is 0 Å². The lowest BCUT2D eigenvalue weighted by atomic mass is 10.2. The molecule has 0 aliphatic carbocycles. The Bertz CT molecular complexity index is 607. The van der Waals surface area contributed by atoms with Gasteiger partial charge in [0, 0.05) is 19.4 Å². The molecule has 1 aromatic carbocycles. The summed E-state index contributed by atoms with van der Waals surface area (Å²) in [5.74, 6) is 0. The normalized spacial score (nSPS) is 11.1. The molecule has 4 heteroatoms. The van der Waals surface area contributed by atoms with Crippen molar-refractivity contribution in [3.8, 4) is 0 Å². The van der Waals surface area contributed by atoms with E-state index in [1.165, 1.54) is 5.56 Å². The Morgan fingerprint density at radius 1 is 1.25 bits per heavy atom. The van der Waals surface area contributed by atoms with E-state index < -0.39 is 0 Å². The molecule has 3 aromatic rings. The highest BCUT2D eigenvalue weighted by atomic mass is 15.0. The summed E-state index contributed by atoms with van der Waals surface area (Å²) in [4.78, 5) is 8.47. The molecule has 0 atom stereocenters. The largest absolute Gasteiger partial charge is 0.334 e. The van der Waals surface area contributed by atoms with Crippen LogP contribution < -0.4 is 0 Å². The van der Waals surface area contributed by atoms with E-state index >= 15 is 0 Å². The van der Waals surface area contributed by atoms with Crippen LogP contribution in [0.1, 0.15) is 5.56 Å². The van der Waals surface area contributed by atoms with Gasteiger partial charge < -0.3 is 9.13 Å². The average molecular weight is 212 g/mol. The summed E-state index contributed by atoms with van der Waals surface area (Å²) in [6.45, 7) is 0.814. The lowest BCUT2D eigenvalue weighted by Gasteiger charge is -2.03. The molecular weight excluding hydrogens is 200 g/mol. The summed E-state index contributed by atoms with van der Waals surface area (Å²) >= 11 is 0. The number of hydrogen-bond donors (Lipinski definition) is 0. The Kier molecular flexibility index (Phi) is 1.99. The predicted molar refractivity (Wildman–Crippen MR) is 62.0 cm³/mol. The molecule has 0 saturated heterocycles. The second kappa shape index (κ2) is 3.48. The fraction of sp³-hybridized carbons (Fsp3) is 0.167. The smallest absolute Gasteiger partial charge is 0.0955 e. The number of hydrogen-bond acceptors (Lipinski definition) is 2. The molecule has 2 heterocycles. The molecule has 80 valence electrons. The molecule has 0 saturated carbocycles. The average Bonchev–Trinajstić information content (AvgIpc) is 2.90. The van der Waals surface area contributed by atoms with Crippen LogP contribution in [0.5, 0.6) is 0 Å². The van der Waals surface area contributed by atoms with Crippen LogP contribution in [0.3, 0.4) is 0 Å². The van der Waals surface area contributed by atoms with Gasteiger partial charge >= 0.3 is 0 Å². The highest BCUT2D eigenvalue weighted by molar-refractivity contribution is 5.78. The first-order chi connectivity index (χ1) is 7.84. The van der Waals surface area contributed by atoms with E-state index in [-0.39, 0.29) is 0 Å². The lowest BCUT2D eigenvalue weighted by Crippen LogP contribution is -1.97. The van der Waals surface area contributed by atoms with Crippen LogP contribution in [-0.2, 0) is 13.6 Å². The van der Waals surface area contributed by atoms with Crippen LogP contribution in [0.25, 0.3) is 11.0 Å². The van der Waals surface area contributed by atoms with Crippen LogP contribution in [-0.4, -0.2) is 19.1 Å². The minimum atomic E-state index is 0.814. The fourth-order valence-corrected chi connectivity index (χ4v) is 1.92. The number of imidazole rings is 2. The van der Waals surface area contributed by atoms with Crippen molar-refractivity contribution in [3.63, 3.8) is 0 Å². The van der Waals surface area contributed by atoms with E-state index in [0.29, 0.717) is 0 Å². The molecule has 16 heavy (non-hydrogen) atoms. The van der Waals surface area contributed by atoms with Crippen LogP contribution in [0.2, 0.25) is 0 Å². The van der Waals surface area contributed by atoms with E-state index in [1.807, 2.05) is 35.0 Å². The van der Waals surface area contributed by atoms with Crippen molar-refractivity contribution >= 4 is 11.0 Å². The van der Waals surface area contributed by atoms with Crippen molar-refractivity contribution in [2.75, 3.05) is 0 Å². The third-order valence-electron chi connectivity index (χ3n) is 2.75. The van der Waals surface area contributed by atoms with E-state index in [9.17, 15) is 0 Å². The zero-order valence-electron chi connectivity index (χ0n) is 9.04. The first-order valence-corrected chi connectivity index (χ1v) is 5.19. The summed E-state index contributed by atoms with van der Waals surface area (Å²) < 4.78 is 4.08. The van der Waals surface area contributed by atoms with Crippen molar-refractivity contribution in [1.29, 1.82) is 0 Å². The molecule has 4 nitrogen and oxygen atoms in total. The van der Waals surface area contributed by atoms with Crippen LogP contribution >= 0.6 is 0 Å². The monoisotopic (exact) mass is 212 g/mol. The molecule has 0 fully saturated rings. The van der Waals surface area contributed by atoms with E-state index in [4.69, 9.17) is 0 Å². The Morgan fingerprint density at radius 3 is 3.00 bits per heavy atom. The number of fused-ring (bicyclic) bond motifs is 1. The van der Waals surface area contributed by atoms with Gasteiger partial charge in [-0.2, -0.15) is 0 Å². The molecule has 0 aliphatic rings. The summed E-state index contributed by atoms with van der Waals surface area (Å²) in [6, 6.07) is 6.26. The highest BCUT2D eigenvalue weighted by Gasteiger charge is 2.05. The summed E-state index contributed by atoms with van der Waals surface area (Å²) in [6.07, 6.45) is 7.42. The number of rotatable bonds is 2. The fourth-order valence-electron chi connectivity index (χ4n) is 1.92. The van der Waals surface area contributed by atoms with Gasteiger partial charge in [0.25, 0.3) is 0 Å². The molecule has 0 aliphatic heterocycles. The second-order valence-corrected chi connectivity index (χ2v) is 3.88. The van der Waals surface area contributed by atoms with Crippen molar-refractivity contribution in [2.45, 2.75) is 6.54 Å². The minimum Gasteiger partial charge on any atom is -0.334 e. The molecule has 3 rings (SSSR count). The Labute approximate surface area is 93.2 Å². The molecule has 0 bridgehead atoms. The van der Waals surface area contributed by atoms with Gasteiger partial charge in [0.2, 0.25) is 0 Å². The molecule has 0 N–H and O–H groups in total. The molecule has 0 radical (unpaired) electrons. The number of aromatic nitrogens is 4. The summed E-state index contributed by atoms with van der Waals surface area (Å²) in [7, 11) is 2.01. The Morgan fingerprint density at radius 2 is 2.19 bits per heavy atom. The molecule has 0 amide bonds. The van der Waals surface area contributed by atoms with Crippen molar-refractivity contribution in [3.05, 3.63) is 48.8 Å². The van der Waals surface area contributed by atoms with Gasteiger partial charge in [0.15, 0.2) is 0 Å². The van der Waals surface area contributed by atoms with Gasteiger partial charge in [-0.25, -0.2) is 9.97 Å². The van der Waals surface area contributed by atoms with Gasteiger partial charge in [-0.15, -0.1) is 0 Å². The molecule has 0 spiro atoms. The topological polar surface area (TPSA) is 35.6 Å². The van der Waals surface area contributed by atoms with E-state index in [2.05, 4.69) is 28.2 Å². The molecule has 2 aromatic heterocycles. The predicted octanol–water partition coefficient (Wildman–Crippen LogP) is 1.82. The Hall–Kier alpha value is -2.10. The van der Waals surface area contributed by atoms with Gasteiger partial charge in [0.1, 0.15) is 0 Å². The summed E-state index contributed by atoms with van der Waals surface area (Å²) in [5.41, 5.74) is 3.45. The van der Waals surface area contributed by atoms with E-state index in [1.54, 1.807) is 6.20 Å². The second-order valence-electron chi connectivity index (χ2n) is 3.88. The van der Waals surface area contributed by atoms with E-state index in [0.717, 1.165) is 17.6 Å². The maximum absolute atomic E-state index is 4.43. The van der Waals surface area contributed by atoms with Crippen LogP contribution in [0.15, 0.2) is 43.2 Å². The zero-order valence-corrected chi connectivity index (χ0v) is 9.04. The highest BCUT2D eigenvalue weighted by Crippen LogP contribution is 2.17. The van der Waals surface area contributed by atoms with Gasteiger partial charge in [-0.1, -0.05) is 12.1 Å². The maximum atomic E-state index is 4.43. The Balaban J connectivity index is 2.10. The molecular formula is C12H12N4. The lowest BCUT2D eigenvalue weighted by molar-refractivity contribution is 0.801.